The fraction of sp³-hybridized carbons (Fsp3) is 0.200. The fourth-order valence-electron chi connectivity index (χ4n) is 0.813. The van der Waals surface area contributed by atoms with Crippen LogP contribution in [0.5, 0.6) is 0 Å². The summed E-state index contributed by atoms with van der Waals surface area (Å²) in [6, 6.07) is 9.15. The summed E-state index contributed by atoms with van der Waals surface area (Å²) < 4.78 is 0. The SMILES string of the molecule is [C-]#[N+]CC(N=Nc1ccccc1)[N+]#[C-]. The van der Waals surface area contributed by atoms with Gasteiger partial charge in [-0.15, -0.1) is 5.11 Å². The molecule has 1 aromatic rings. The van der Waals surface area contributed by atoms with Crippen molar-refractivity contribution < 1.29 is 0 Å². The molecular formula is C10H8N4. The lowest BCUT2D eigenvalue weighted by Gasteiger charge is -1.90. The lowest BCUT2D eigenvalue weighted by atomic mass is 10.3. The van der Waals surface area contributed by atoms with Crippen LogP contribution in [-0.4, -0.2) is 12.7 Å². The molecule has 0 aliphatic rings. The molecule has 1 atom stereocenters. The largest absolute Gasteiger partial charge is 0.402 e. The predicted octanol–water partition coefficient (Wildman–Crippen LogP) is 2.93. The minimum absolute atomic E-state index is 0.0693. The van der Waals surface area contributed by atoms with Crippen LogP contribution >= 0.6 is 0 Å². The van der Waals surface area contributed by atoms with E-state index in [-0.39, 0.29) is 6.54 Å². The van der Waals surface area contributed by atoms with Crippen LogP contribution in [0.2, 0.25) is 0 Å². The van der Waals surface area contributed by atoms with Gasteiger partial charge in [-0.05, 0) is 12.1 Å². The van der Waals surface area contributed by atoms with E-state index < -0.39 is 6.17 Å². The van der Waals surface area contributed by atoms with E-state index in [1.807, 2.05) is 18.2 Å². The molecule has 0 amide bonds. The molecule has 4 heteroatoms. The highest BCUT2D eigenvalue weighted by Crippen LogP contribution is 2.11. The minimum atomic E-state index is -0.673. The van der Waals surface area contributed by atoms with Crippen molar-refractivity contribution in [2.75, 3.05) is 6.54 Å². The third kappa shape index (κ3) is 3.04. The van der Waals surface area contributed by atoms with Crippen LogP contribution in [-0.2, 0) is 0 Å². The van der Waals surface area contributed by atoms with Gasteiger partial charge in [0.25, 0.3) is 0 Å². The Labute approximate surface area is 82.5 Å². The zero-order valence-corrected chi connectivity index (χ0v) is 7.46. The molecule has 0 radical (unpaired) electrons. The van der Waals surface area contributed by atoms with Gasteiger partial charge in [0.15, 0.2) is 0 Å². The molecule has 0 saturated carbocycles. The van der Waals surface area contributed by atoms with Crippen LogP contribution in [0.4, 0.5) is 5.69 Å². The van der Waals surface area contributed by atoms with E-state index in [1.54, 1.807) is 12.1 Å². The van der Waals surface area contributed by atoms with Gasteiger partial charge in [0.2, 0.25) is 0 Å². The molecule has 0 aliphatic carbocycles. The Hall–Kier alpha value is -2.20. The Bertz CT molecular complexity index is 383. The number of hydrogen-bond donors (Lipinski definition) is 0. The van der Waals surface area contributed by atoms with Crippen molar-refractivity contribution in [1.29, 1.82) is 0 Å². The van der Waals surface area contributed by atoms with Crippen LogP contribution in [0.15, 0.2) is 40.6 Å². The highest BCUT2D eigenvalue weighted by molar-refractivity contribution is 5.34. The fourth-order valence-corrected chi connectivity index (χ4v) is 0.813. The molecule has 14 heavy (non-hydrogen) atoms. The monoisotopic (exact) mass is 184 g/mol. The summed E-state index contributed by atoms with van der Waals surface area (Å²) in [6.07, 6.45) is -0.673. The number of azo groups is 1. The number of hydrogen-bond acceptors (Lipinski definition) is 2. The topological polar surface area (TPSA) is 33.4 Å². The van der Waals surface area contributed by atoms with Gasteiger partial charge in [-0.25, -0.2) is 13.1 Å². The average Bonchev–Trinajstić information content (AvgIpc) is 2.25. The second kappa shape index (κ2) is 5.45. The quantitative estimate of drug-likeness (QED) is 0.511. The van der Waals surface area contributed by atoms with Gasteiger partial charge in [0.05, 0.1) is 5.69 Å². The lowest BCUT2D eigenvalue weighted by molar-refractivity contribution is 0.822. The summed E-state index contributed by atoms with van der Waals surface area (Å²) in [4.78, 5) is 6.27. The van der Waals surface area contributed by atoms with E-state index in [9.17, 15) is 0 Å². The zero-order chi connectivity index (χ0) is 10.2. The van der Waals surface area contributed by atoms with Gasteiger partial charge in [-0.3, -0.25) is 4.85 Å². The first-order valence-electron chi connectivity index (χ1n) is 4.02. The molecule has 0 spiro atoms. The van der Waals surface area contributed by atoms with E-state index in [1.165, 1.54) is 0 Å². The molecule has 0 heterocycles. The van der Waals surface area contributed by atoms with Crippen molar-refractivity contribution in [3.05, 3.63) is 53.2 Å². The Morgan fingerprint density at radius 3 is 2.50 bits per heavy atom. The van der Waals surface area contributed by atoms with Crippen LogP contribution in [0, 0.1) is 13.1 Å². The normalized spacial score (nSPS) is 11.9. The number of rotatable bonds is 3. The molecule has 0 fully saturated rings. The first-order valence-corrected chi connectivity index (χ1v) is 4.02. The van der Waals surface area contributed by atoms with E-state index in [2.05, 4.69) is 19.9 Å². The van der Waals surface area contributed by atoms with E-state index in [0.29, 0.717) is 5.69 Å². The maximum atomic E-state index is 6.76. The third-order valence-electron chi connectivity index (χ3n) is 1.47. The molecule has 0 aromatic heterocycles. The van der Waals surface area contributed by atoms with Gasteiger partial charge in [0.1, 0.15) is 0 Å². The smallest absolute Gasteiger partial charge is 0.306 e. The van der Waals surface area contributed by atoms with Crippen molar-refractivity contribution in [3.63, 3.8) is 0 Å². The summed E-state index contributed by atoms with van der Waals surface area (Å²) in [6.45, 7) is 13.4. The molecule has 0 aliphatic heterocycles. The van der Waals surface area contributed by atoms with Crippen molar-refractivity contribution in [3.8, 4) is 0 Å². The average molecular weight is 184 g/mol. The molecule has 1 rings (SSSR count). The van der Waals surface area contributed by atoms with E-state index >= 15 is 0 Å². The van der Waals surface area contributed by atoms with E-state index in [0.717, 1.165) is 0 Å². The van der Waals surface area contributed by atoms with Gasteiger partial charge < -0.3 is 4.85 Å². The number of nitrogens with zero attached hydrogens (tertiary/aromatic N) is 4. The van der Waals surface area contributed by atoms with Gasteiger partial charge in [-0.1, -0.05) is 23.3 Å². The van der Waals surface area contributed by atoms with Crippen molar-refractivity contribution in [1.82, 2.24) is 0 Å². The van der Waals surface area contributed by atoms with Crippen molar-refractivity contribution >= 4 is 5.69 Å². The molecule has 0 saturated heterocycles. The molecular weight excluding hydrogens is 176 g/mol. The van der Waals surface area contributed by atoms with Crippen LogP contribution in [0.1, 0.15) is 0 Å². The molecule has 0 N–H and O–H groups in total. The summed E-state index contributed by atoms with van der Waals surface area (Å²) >= 11 is 0. The molecule has 0 bridgehead atoms. The Kier molecular flexibility index (Phi) is 3.85. The summed E-state index contributed by atoms with van der Waals surface area (Å²) in [5.41, 5.74) is 0.700. The molecule has 1 unspecified atom stereocenters. The zero-order valence-electron chi connectivity index (χ0n) is 7.46. The maximum Gasteiger partial charge on any atom is 0.402 e. The maximum absolute atomic E-state index is 6.76. The third-order valence-corrected chi connectivity index (χ3v) is 1.47. The number of benzene rings is 1. The molecule has 4 nitrogen and oxygen atoms in total. The van der Waals surface area contributed by atoms with Crippen molar-refractivity contribution in [2.45, 2.75) is 6.17 Å². The lowest BCUT2D eigenvalue weighted by Crippen LogP contribution is -1.98. The summed E-state index contributed by atoms with van der Waals surface area (Å²) in [5, 5.41) is 7.62. The summed E-state index contributed by atoms with van der Waals surface area (Å²) in [5.74, 6) is 0. The molecule has 68 valence electrons. The van der Waals surface area contributed by atoms with Gasteiger partial charge in [0, 0.05) is 0 Å². The van der Waals surface area contributed by atoms with Crippen LogP contribution in [0.3, 0.4) is 0 Å². The Balaban J connectivity index is 2.65. The van der Waals surface area contributed by atoms with Crippen LogP contribution < -0.4 is 0 Å². The second-order valence-corrected chi connectivity index (χ2v) is 2.50. The van der Waals surface area contributed by atoms with Crippen molar-refractivity contribution in [2.24, 2.45) is 10.2 Å². The highest BCUT2D eigenvalue weighted by atomic mass is 15.2. The van der Waals surface area contributed by atoms with E-state index in [4.69, 9.17) is 13.1 Å². The Morgan fingerprint density at radius 2 is 1.93 bits per heavy atom. The highest BCUT2D eigenvalue weighted by Gasteiger charge is 2.12. The van der Waals surface area contributed by atoms with Crippen LogP contribution in [0.25, 0.3) is 9.69 Å². The van der Waals surface area contributed by atoms with Gasteiger partial charge in [-0.2, -0.15) is 0 Å². The minimum Gasteiger partial charge on any atom is -0.306 e. The van der Waals surface area contributed by atoms with Gasteiger partial charge >= 0.3 is 12.7 Å². The standard InChI is InChI=1S/C10H8N4/c1-11-8-10(12-2)14-13-9-6-4-3-5-7-9/h3-7,10H,8H2. The first kappa shape index (κ1) is 9.88. The first-order chi connectivity index (χ1) is 6.86. The second-order valence-electron chi connectivity index (χ2n) is 2.50. The predicted molar refractivity (Wildman–Crippen MR) is 52.8 cm³/mol. The summed E-state index contributed by atoms with van der Waals surface area (Å²) in [7, 11) is 0. The Morgan fingerprint density at radius 1 is 1.21 bits per heavy atom. The molecule has 1 aromatic carbocycles.